The van der Waals surface area contributed by atoms with Gasteiger partial charge < -0.3 is 10.2 Å². The lowest BCUT2D eigenvalue weighted by Crippen LogP contribution is -2.43. The number of sulfonamides is 1. The normalized spacial score (nSPS) is 20.8. The number of hydrogen-bond donors (Lipinski definition) is 1. The first-order valence-corrected chi connectivity index (χ1v) is 12.2. The minimum Gasteiger partial charge on any atom is -0.350 e. The molecular weight excluding hydrogens is 452 g/mol. The lowest BCUT2D eigenvalue weighted by molar-refractivity contribution is -0.123. The van der Waals surface area contributed by atoms with E-state index in [1.165, 1.54) is 6.08 Å². The number of aryl methyl sites for hydroxylation is 1. The molecule has 0 aromatic heterocycles. The molecule has 0 unspecified atom stereocenters. The fraction of sp³-hybridized carbons (Fsp3) is 0.238. The van der Waals surface area contributed by atoms with E-state index >= 15 is 0 Å². The van der Waals surface area contributed by atoms with Crippen LogP contribution in [0.4, 0.5) is 4.79 Å². The molecule has 4 rings (SSSR count). The van der Waals surface area contributed by atoms with Gasteiger partial charge in [0.05, 0.1) is 16.2 Å². The summed E-state index contributed by atoms with van der Waals surface area (Å²) in [6, 6.07) is 7.58. The maximum absolute atomic E-state index is 12.6. The monoisotopic (exact) mass is 472 g/mol. The summed E-state index contributed by atoms with van der Waals surface area (Å²) < 4.78 is 27.4. The van der Waals surface area contributed by atoms with Gasteiger partial charge >= 0.3 is 0 Å². The molecule has 3 heterocycles. The van der Waals surface area contributed by atoms with Crippen LogP contribution >= 0.6 is 11.8 Å². The quantitative estimate of drug-likeness (QED) is 0.648. The van der Waals surface area contributed by atoms with Crippen molar-refractivity contribution in [1.29, 1.82) is 0 Å². The molecule has 1 aromatic rings. The minimum absolute atomic E-state index is 0.000741. The van der Waals surface area contributed by atoms with E-state index in [4.69, 9.17) is 0 Å². The van der Waals surface area contributed by atoms with Crippen LogP contribution in [0.2, 0.25) is 0 Å². The number of amides is 3. The summed E-state index contributed by atoms with van der Waals surface area (Å²) >= 11 is 0.855. The summed E-state index contributed by atoms with van der Waals surface area (Å²) in [6.45, 7) is 2.20. The molecule has 1 fully saturated rings. The van der Waals surface area contributed by atoms with Gasteiger partial charge in [0.1, 0.15) is 0 Å². The van der Waals surface area contributed by atoms with Crippen LogP contribution in [-0.2, 0) is 19.6 Å². The van der Waals surface area contributed by atoms with E-state index in [9.17, 15) is 22.8 Å². The Morgan fingerprint density at radius 3 is 2.75 bits per heavy atom. The van der Waals surface area contributed by atoms with Gasteiger partial charge in [0.15, 0.2) is 5.84 Å². The van der Waals surface area contributed by atoms with E-state index in [1.54, 1.807) is 23.3 Å². The molecule has 3 amide bonds. The third-order valence-corrected chi connectivity index (χ3v) is 7.03. The Morgan fingerprint density at radius 2 is 2.00 bits per heavy atom. The number of thioether (sulfide) groups is 1. The molecule has 11 heteroatoms. The molecule has 0 spiro atoms. The highest BCUT2D eigenvalue weighted by atomic mass is 32.2. The molecule has 0 aliphatic carbocycles. The fourth-order valence-corrected chi connectivity index (χ4v) is 5.13. The van der Waals surface area contributed by atoms with Gasteiger partial charge in [-0.3, -0.25) is 19.3 Å². The van der Waals surface area contributed by atoms with E-state index in [-0.39, 0.29) is 36.8 Å². The first-order chi connectivity index (χ1) is 15.2. The van der Waals surface area contributed by atoms with Crippen molar-refractivity contribution in [2.45, 2.75) is 6.92 Å². The summed E-state index contributed by atoms with van der Waals surface area (Å²) in [5.41, 5.74) is 2.03. The number of nitrogens with zero attached hydrogens (tertiary/aromatic N) is 3. The molecule has 3 aliphatic rings. The van der Waals surface area contributed by atoms with Crippen LogP contribution < -0.4 is 5.32 Å². The second kappa shape index (κ2) is 8.75. The fourth-order valence-electron chi connectivity index (χ4n) is 3.28. The van der Waals surface area contributed by atoms with Crippen molar-refractivity contribution >= 4 is 50.8 Å². The van der Waals surface area contributed by atoms with Crippen LogP contribution in [-0.4, -0.2) is 66.5 Å². The Bertz CT molecular complexity index is 1210. The smallest absolute Gasteiger partial charge is 0.293 e. The zero-order valence-corrected chi connectivity index (χ0v) is 18.8. The summed E-state index contributed by atoms with van der Waals surface area (Å²) in [5.74, 6) is -0.991. The zero-order chi connectivity index (χ0) is 22.9. The lowest BCUT2D eigenvalue weighted by Gasteiger charge is -2.28. The molecular formula is C21H20N4O5S2. The average molecular weight is 473 g/mol. The maximum Gasteiger partial charge on any atom is 0.293 e. The van der Waals surface area contributed by atoms with Crippen molar-refractivity contribution in [2.75, 3.05) is 25.4 Å². The molecule has 166 valence electrons. The highest BCUT2D eigenvalue weighted by Gasteiger charge is 2.35. The Balaban J connectivity index is 1.38. The van der Waals surface area contributed by atoms with Crippen molar-refractivity contribution in [1.82, 2.24) is 15.1 Å². The number of fused-ring (bicyclic) bond motifs is 1. The largest absolute Gasteiger partial charge is 0.350 e. The average Bonchev–Trinajstić information content (AvgIpc) is 3.01. The number of rotatable bonds is 5. The van der Waals surface area contributed by atoms with Gasteiger partial charge in [-0.2, -0.15) is 0 Å². The highest BCUT2D eigenvalue weighted by Crippen LogP contribution is 2.32. The van der Waals surface area contributed by atoms with Crippen LogP contribution in [0.3, 0.4) is 0 Å². The number of imide groups is 1. The van der Waals surface area contributed by atoms with Crippen molar-refractivity contribution < 1.29 is 22.8 Å². The Kier molecular flexibility index (Phi) is 6.02. The van der Waals surface area contributed by atoms with Crippen LogP contribution in [0.5, 0.6) is 0 Å². The van der Waals surface area contributed by atoms with Gasteiger partial charge in [0, 0.05) is 25.8 Å². The van der Waals surface area contributed by atoms with Crippen molar-refractivity contribution in [3.05, 3.63) is 64.2 Å². The first-order valence-electron chi connectivity index (χ1n) is 9.82. The van der Waals surface area contributed by atoms with Gasteiger partial charge in [0.2, 0.25) is 0 Å². The predicted molar refractivity (Wildman–Crippen MR) is 122 cm³/mol. The number of amidine groups is 1. The van der Waals surface area contributed by atoms with Crippen LogP contribution in [0, 0.1) is 6.92 Å². The standard InChI is InChI=1S/C21H20N4O5S2/c1-14-4-6-15(7-5-14)13-17-20(27)25(21(28)31-17)10-8-22-19(26)16-3-2-9-24-11-12-32(29,30)23-18(16)24/h2-7,9,13H,8,10-12H2,1H3,(H,22,26)/b17-13-. The van der Waals surface area contributed by atoms with Gasteiger partial charge in [-0.15, -0.1) is 4.40 Å². The molecule has 0 atom stereocenters. The van der Waals surface area contributed by atoms with Crippen molar-refractivity contribution in [2.24, 2.45) is 4.40 Å². The Morgan fingerprint density at radius 1 is 1.25 bits per heavy atom. The van der Waals surface area contributed by atoms with E-state index in [1.807, 2.05) is 31.2 Å². The van der Waals surface area contributed by atoms with Gasteiger partial charge in [-0.1, -0.05) is 29.8 Å². The molecule has 32 heavy (non-hydrogen) atoms. The summed E-state index contributed by atoms with van der Waals surface area (Å²) in [4.78, 5) is 40.5. The first kappa shape index (κ1) is 22.0. The van der Waals surface area contributed by atoms with Crippen molar-refractivity contribution in [3.8, 4) is 0 Å². The number of carbonyl (C=O) groups is 3. The molecule has 1 saturated heterocycles. The summed E-state index contributed by atoms with van der Waals surface area (Å²) in [6.07, 6.45) is 6.44. The number of benzene rings is 1. The molecule has 0 saturated carbocycles. The topological polar surface area (TPSA) is 116 Å². The maximum atomic E-state index is 12.6. The summed E-state index contributed by atoms with van der Waals surface area (Å²) in [7, 11) is -3.62. The molecule has 1 aromatic carbocycles. The molecule has 0 bridgehead atoms. The van der Waals surface area contributed by atoms with Gasteiger partial charge in [-0.05, 0) is 42.5 Å². The SMILES string of the molecule is Cc1ccc(/C=C2\SC(=O)N(CCNC(=O)C3=CC=CN4CCS(=O)(=O)N=C34)C2=O)cc1. The number of hydrogen-bond acceptors (Lipinski definition) is 7. The number of allylic oxidation sites excluding steroid dienone is 2. The second-order valence-corrected chi connectivity index (χ2v) is 10.1. The lowest BCUT2D eigenvalue weighted by atomic mass is 10.1. The van der Waals surface area contributed by atoms with E-state index in [0.717, 1.165) is 27.8 Å². The van der Waals surface area contributed by atoms with Crippen LogP contribution in [0.25, 0.3) is 6.08 Å². The molecule has 0 radical (unpaired) electrons. The number of nitrogens with one attached hydrogen (secondary N) is 1. The van der Waals surface area contributed by atoms with Gasteiger partial charge in [0.25, 0.3) is 27.1 Å². The molecule has 9 nitrogen and oxygen atoms in total. The Labute approximate surface area is 189 Å². The van der Waals surface area contributed by atoms with Gasteiger partial charge in [-0.25, -0.2) is 8.42 Å². The molecule has 1 N–H and O–H groups in total. The van der Waals surface area contributed by atoms with E-state index in [0.29, 0.717) is 4.91 Å². The van der Waals surface area contributed by atoms with E-state index in [2.05, 4.69) is 9.71 Å². The molecule has 3 aliphatic heterocycles. The second-order valence-electron chi connectivity index (χ2n) is 7.32. The zero-order valence-electron chi connectivity index (χ0n) is 17.1. The predicted octanol–water partition coefficient (Wildman–Crippen LogP) is 1.65. The third-order valence-electron chi connectivity index (χ3n) is 4.97. The Hall–Kier alpha value is -3.18. The minimum atomic E-state index is -3.62. The highest BCUT2D eigenvalue weighted by molar-refractivity contribution is 8.18. The number of carbonyl (C=O) groups excluding carboxylic acids is 3. The van der Waals surface area contributed by atoms with Crippen LogP contribution in [0.1, 0.15) is 11.1 Å². The van der Waals surface area contributed by atoms with Crippen molar-refractivity contribution in [3.63, 3.8) is 0 Å². The summed E-state index contributed by atoms with van der Waals surface area (Å²) in [5, 5.41) is 2.23. The third kappa shape index (κ3) is 4.68. The van der Waals surface area contributed by atoms with E-state index < -0.39 is 27.1 Å². The van der Waals surface area contributed by atoms with Crippen LogP contribution in [0.15, 0.2) is 57.5 Å².